The van der Waals surface area contributed by atoms with Crippen LogP contribution in [-0.4, -0.2) is 52.6 Å². The molecule has 0 aliphatic carbocycles. The number of hydrogen-bond acceptors (Lipinski definition) is 9. The van der Waals surface area contributed by atoms with Crippen molar-refractivity contribution >= 4 is 31.9 Å². The Kier molecular flexibility index (Phi) is 7.24. The van der Waals surface area contributed by atoms with Crippen molar-refractivity contribution in [1.82, 2.24) is 24.7 Å². The van der Waals surface area contributed by atoms with Crippen molar-refractivity contribution in [3.63, 3.8) is 0 Å². The SMILES string of the molecule is COc1cccc(OC)c1-n1c(NS(=O)(=O)[C@H](C)[C@@](C)(F)c2ncc(Br)cn2)nnc1-c1ccc(C)o1. The van der Waals surface area contributed by atoms with E-state index in [1.807, 2.05) is 0 Å². The molecule has 4 rings (SSSR count). The van der Waals surface area contributed by atoms with Gasteiger partial charge >= 0.3 is 0 Å². The Bertz CT molecular complexity index is 1500. The number of hydrogen-bond donors (Lipinski definition) is 1. The van der Waals surface area contributed by atoms with E-state index in [0.29, 0.717) is 33.2 Å². The van der Waals surface area contributed by atoms with Crippen molar-refractivity contribution in [3.8, 4) is 28.8 Å². The van der Waals surface area contributed by atoms with Crippen LogP contribution in [0.3, 0.4) is 0 Å². The number of benzene rings is 1. The molecule has 4 aromatic rings. The number of furan rings is 1. The Morgan fingerprint density at radius 2 is 1.73 bits per heavy atom. The number of rotatable bonds is 9. The monoisotopic (exact) mass is 594 g/mol. The van der Waals surface area contributed by atoms with Crippen LogP contribution in [0, 0.1) is 6.92 Å². The number of aromatic nitrogens is 5. The zero-order chi connectivity index (χ0) is 27.0. The Morgan fingerprint density at radius 1 is 1.11 bits per heavy atom. The van der Waals surface area contributed by atoms with E-state index in [1.165, 1.54) is 38.1 Å². The Morgan fingerprint density at radius 3 is 2.27 bits per heavy atom. The number of aryl methyl sites for hydroxylation is 1. The Balaban J connectivity index is 1.84. The minimum atomic E-state index is -4.41. The molecule has 0 amide bonds. The molecular weight excluding hydrogens is 571 g/mol. The fourth-order valence-corrected chi connectivity index (χ4v) is 5.04. The van der Waals surface area contributed by atoms with E-state index in [9.17, 15) is 8.42 Å². The lowest BCUT2D eigenvalue weighted by atomic mass is 10.0. The third kappa shape index (κ3) is 5.03. The molecule has 1 aromatic carbocycles. The zero-order valence-electron chi connectivity index (χ0n) is 20.6. The lowest BCUT2D eigenvalue weighted by molar-refractivity contribution is 0.175. The van der Waals surface area contributed by atoms with Crippen LogP contribution in [0.4, 0.5) is 10.3 Å². The van der Waals surface area contributed by atoms with E-state index in [-0.39, 0.29) is 17.6 Å². The van der Waals surface area contributed by atoms with Crippen LogP contribution in [0.5, 0.6) is 11.5 Å². The molecule has 0 saturated carbocycles. The molecule has 0 bridgehead atoms. The van der Waals surface area contributed by atoms with Crippen molar-refractivity contribution in [3.05, 3.63) is 58.8 Å². The molecule has 0 saturated heterocycles. The predicted octanol–water partition coefficient (Wildman–Crippen LogP) is 4.42. The number of nitrogens with zero attached hydrogens (tertiary/aromatic N) is 5. The molecule has 3 heterocycles. The zero-order valence-corrected chi connectivity index (χ0v) is 23.0. The second-order valence-corrected chi connectivity index (χ2v) is 11.1. The second-order valence-electron chi connectivity index (χ2n) is 8.19. The number of anilines is 1. The highest BCUT2D eigenvalue weighted by molar-refractivity contribution is 9.10. The summed E-state index contributed by atoms with van der Waals surface area (Å²) in [6, 6.07) is 8.44. The third-order valence-corrected chi connectivity index (χ3v) is 8.02. The van der Waals surface area contributed by atoms with Gasteiger partial charge in [-0.3, -0.25) is 9.29 Å². The van der Waals surface area contributed by atoms with Gasteiger partial charge in [0.15, 0.2) is 17.3 Å². The quantitative estimate of drug-likeness (QED) is 0.298. The average molecular weight is 595 g/mol. The van der Waals surface area contributed by atoms with Gasteiger partial charge in [-0.05, 0) is 61.0 Å². The van der Waals surface area contributed by atoms with E-state index < -0.39 is 20.9 Å². The summed E-state index contributed by atoms with van der Waals surface area (Å²) in [7, 11) is -1.50. The largest absolute Gasteiger partial charge is 0.494 e. The van der Waals surface area contributed by atoms with Gasteiger partial charge in [0, 0.05) is 12.4 Å². The molecule has 196 valence electrons. The van der Waals surface area contributed by atoms with Crippen molar-refractivity contribution in [2.75, 3.05) is 18.9 Å². The number of nitrogens with one attached hydrogen (secondary N) is 1. The highest BCUT2D eigenvalue weighted by atomic mass is 79.9. The molecular formula is C23H24BrFN6O5S. The molecule has 0 radical (unpaired) electrons. The second kappa shape index (κ2) is 10.1. The number of ether oxygens (including phenoxy) is 2. The highest BCUT2D eigenvalue weighted by Gasteiger charge is 2.45. The van der Waals surface area contributed by atoms with Gasteiger partial charge < -0.3 is 13.9 Å². The first-order chi connectivity index (χ1) is 17.5. The van der Waals surface area contributed by atoms with Crippen molar-refractivity contribution < 1.29 is 26.7 Å². The van der Waals surface area contributed by atoms with Gasteiger partial charge in [0.25, 0.3) is 0 Å². The van der Waals surface area contributed by atoms with Crippen LogP contribution >= 0.6 is 15.9 Å². The summed E-state index contributed by atoms with van der Waals surface area (Å²) in [5.74, 6) is 1.26. The molecule has 11 nitrogen and oxygen atoms in total. The summed E-state index contributed by atoms with van der Waals surface area (Å²) in [4.78, 5) is 7.89. The molecule has 3 aromatic heterocycles. The van der Waals surface area contributed by atoms with E-state index >= 15 is 4.39 Å². The van der Waals surface area contributed by atoms with E-state index in [1.54, 1.807) is 37.3 Å². The fourth-order valence-electron chi connectivity index (χ4n) is 3.58. The number of halogens is 2. The predicted molar refractivity (Wildman–Crippen MR) is 137 cm³/mol. The first-order valence-electron chi connectivity index (χ1n) is 10.9. The number of para-hydroxylation sites is 1. The summed E-state index contributed by atoms with van der Waals surface area (Å²) >= 11 is 3.19. The van der Waals surface area contributed by atoms with Gasteiger partial charge in [-0.25, -0.2) is 22.8 Å². The normalized spacial score (nSPS) is 14.1. The van der Waals surface area contributed by atoms with Crippen LogP contribution in [0.25, 0.3) is 17.3 Å². The average Bonchev–Trinajstić information content (AvgIpc) is 3.48. The molecule has 0 aliphatic rings. The summed E-state index contributed by atoms with van der Waals surface area (Å²) in [5, 5.41) is 6.59. The van der Waals surface area contributed by atoms with Crippen LogP contribution in [0.1, 0.15) is 25.4 Å². The maximum absolute atomic E-state index is 15.8. The van der Waals surface area contributed by atoms with Crippen molar-refractivity contribution in [2.24, 2.45) is 0 Å². The van der Waals surface area contributed by atoms with E-state index in [4.69, 9.17) is 13.9 Å². The summed E-state index contributed by atoms with van der Waals surface area (Å²) < 4.78 is 63.8. The summed E-state index contributed by atoms with van der Waals surface area (Å²) in [5.41, 5.74) is -2.13. The fraction of sp³-hybridized carbons (Fsp3) is 0.304. The minimum Gasteiger partial charge on any atom is -0.494 e. The van der Waals surface area contributed by atoms with Crippen LogP contribution in [0.15, 0.2) is 51.6 Å². The standard InChI is InChI=1S/C23H24BrFN6O5S/c1-13-9-10-18(36-13)20-28-29-22(31(20)19-16(34-4)7-6-8-17(19)35-5)30-37(32,33)14(2)23(3,25)21-26-11-15(24)12-27-21/h6-12,14H,1-5H3,(H,29,30)/t14-,23-/m1/s1. The molecule has 0 unspecified atom stereocenters. The summed E-state index contributed by atoms with van der Waals surface area (Å²) in [6.07, 6.45) is 2.68. The highest BCUT2D eigenvalue weighted by Crippen LogP contribution is 2.39. The molecule has 0 aliphatic heterocycles. The molecule has 2 atom stereocenters. The lowest BCUT2D eigenvalue weighted by Crippen LogP contribution is -2.41. The van der Waals surface area contributed by atoms with E-state index in [2.05, 4.69) is 40.8 Å². The smallest absolute Gasteiger partial charge is 0.243 e. The van der Waals surface area contributed by atoms with Crippen LogP contribution in [0.2, 0.25) is 0 Å². The van der Waals surface area contributed by atoms with Crippen molar-refractivity contribution in [1.29, 1.82) is 0 Å². The maximum atomic E-state index is 15.8. The molecule has 0 fully saturated rings. The molecule has 37 heavy (non-hydrogen) atoms. The van der Waals surface area contributed by atoms with Gasteiger partial charge in [-0.15, -0.1) is 10.2 Å². The number of sulfonamides is 1. The number of alkyl halides is 1. The van der Waals surface area contributed by atoms with Gasteiger partial charge in [0.2, 0.25) is 21.8 Å². The topological polar surface area (TPSA) is 134 Å². The van der Waals surface area contributed by atoms with Crippen LogP contribution < -0.4 is 14.2 Å². The van der Waals surface area contributed by atoms with Crippen molar-refractivity contribution in [2.45, 2.75) is 31.7 Å². The Hall–Kier alpha value is -3.52. The summed E-state index contributed by atoms with van der Waals surface area (Å²) in [6.45, 7) is 4.07. The Labute approximate surface area is 221 Å². The van der Waals surface area contributed by atoms with Crippen LogP contribution in [-0.2, 0) is 15.7 Å². The lowest BCUT2D eigenvalue weighted by Gasteiger charge is -2.26. The molecule has 1 N–H and O–H groups in total. The molecule has 0 spiro atoms. The van der Waals surface area contributed by atoms with Gasteiger partial charge in [-0.1, -0.05) is 6.07 Å². The van der Waals surface area contributed by atoms with Gasteiger partial charge in [0.05, 0.1) is 18.7 Å². The first kappa shape index (κ1) is 26.5. The minimum absolute atomic E-state index is 0.167. The number of methoxy groups -OCH3 is 2. The maximum Gasteiger partial charge on any atom is 0.243 e. The van der Waals surface area contributed by atoms with Gasteiger partial charge in [-0.2, -0.15) is 0 Å². The van der Waals surface area contributed by atoms with Gasteiger partial charge in [0.1, 0.15) is 28.2 Å². The van der Waals surface area contributed by atoms with E-state index in [0.717, 1.165) is 6.92 Å². The molecule has 14 heteroatoms. The first-order valence-corrected chi connectivity index (χ1v) is 13.3. The third-order valence-electron chi connectivity index (χ3n) is 5.77.